The molecule has 4 heteroatoms. The number of benzene rings is 2. The Morgan fingerprint density at radius 3 is 2.48 bits per heavy atom. The van der Waals surface area contributed by atoms with Gasteiger partial charge in [0.05, 0.1) is 5.69 Å². The van der Waals surface area contributed by atoms with Crippen molar-refractivity contribution in [1.82, 2.24) is 4.57 Å². The predicted molar refractivity (Wildman–Crippen MR) is 104 cm³/mol. The molecule has 0 aliphatic carbocycles. The van der Waals surface area contributed by atoms with Crippen molar-refractivity contribution < 1.29 is 4.79 Å². The number of anilines is 1. The van der Waals surface area contributed by atoms with Crippen molar-refractivity contribution in [2.75, 3.05) is 5.32 Å². The molecule has 0 saturated heterocycles. The summed E-state index contributed by atoms with van der Waals surface area (Å²) in [5.41, 5.74) is 6.62. The first-order valence-corrected chi connectivity index (χ1v) is 9.25. The van der Waals surface area contributed by atoms with Crippen LogP contribution in [0.4, 0.5) is 5.69 Å². The van der Waals surface area contributed by atoms with Crippen LogP contribution in [-0.4, -0.2) is 10.5 Å². The highest BCUT2D eigenvalue weighted by molar-refractivity contribution is 8.00. The van der Waals surface area contributed by atoms with Crippen LogP contribution in [0.15, 0.2) is 59.5 Å². The molecule has 0 saturated carbocycles. The maximum atomic E-state index is 12.7. The highest BCUT2D eigenvalue weighted by atomic mass is 32.2. The standard InChI is InChI=1S/C21H20N2OS/c1-13-8-10-16(11-9-13)23-14(2)12-17(15(23)3)20-21(24)22-18-6-4-5-7-19(18)25-20/h4-12,20H,1-3H3,(H,22,24). The molecule has 1 aromatic heterocycles. The predicted octanol–water partition coefficient (Wildman–Crippen LogP) is 5.19. The molecule has 25 heavy (non-hydrogen) atoms. The van der Waals surface area contributed by atoms with E-state index in [0.717, 1.165) is 33.2 Å². The van der Waals surface area contributed by atoms with Crippen LogP contribution in [0.25, 0.3) is 5.69 Å². The Kier molecular flexibility index (Phi) is 3.92. The van der Waals surface area contributed by atoms with Gasteiger partial charge in [-0.05, 0) is 56.7 Å². The fraction of sp³-hybridized carbons (Fsp3) is 0.190. The molecule has 1 aliphatic heterocycles. The number of hydrogen-bond donors (Lipinski definition) is 1. The SMILES string of the molecule is Cc1ccc(-n2c(C)cc(C3Sc4ccccc4NC3=O)c2C)cc1. The topological polar surface area (TPSA) is 34.0 Å². The lowest BCUT2D eigenvalue weighted by molar-refractivity contribution is -0.115. The molecule has 2 aromatic carbocycles. The summed E-state index contributed by atoms with van der Waals surface area (Å²) in [4.78, 5) is 13.8. The number of nitrogens with zero attached hydrogens (tertiary/aromatic N) is 1. The molecule has 0 fully saturated rings. The van der Waals surface area contributed by atoms with Crippen LogP contribution in [-0.2, 0) is 4.79 Å². The minimum absolute atomic E-state index is 0.0489. The molecule has 1 unspecified atom stereocenters. The molecule has 1 atom stereocenters. The van der Waals surface area contributed by atoms with Gasteiger partial charge in [0.25, 0.3) is 0 Å². The van der Waals surface area contributed by atoms with Crippen molar-refractivity contribution >= 4 is 23.4 Å². The Balaban J connectivity index is 1.76. The molecule has 2 heterocycles. The quantitative estimate of drug-likeness (QED) is 0.692. The summed E-state index contributed by atoms with van der Waals surface area (Å²) in [6.45, 7) is 6.28. The first-order chi connectivity index (χ1) is 12.0. The van der Waals surface area contributed by atoms with Crippen LogP contribution in [0.1, 0.15) is 27.8 Å². The monoisotopic (exact) mass is 348 g/mol. The Labute approximate surface area is 152 Å². The summed E-state index contributed by atoms with van der Waals surface area (Å²) >= 11 is 1.63. The number of carbonyl (C=O) groups is 1. The van der Waals surface area contributed by atoms with Crippen LogP contribution in [0.3, 0.4) is 0 Å². The van der Waals surface area contributed by atoms with Crippen LogP contribution in [0.2, 0.25) is 0 Å². The van der Waals surface area contributed by atoms with Gasteiger partial charge in [-0.25, -0.2) is 0 Å². The number of fused-ring (bicyclic) bond motifs is 1. The highest BCUT2D eigenvalue weighted by Gasteiger charge is 2.31. The van der Waals surface area contributed by atoms with E-state index < -0.39 is 0 Å². The average Bonchev–Trinajstić information content (AvgIpc) is 2.89. The van der Waals surface area contributed by atoms with E-state index in [2.05, 4.69) is 67.1 Å². The van der Waals surface area contributed by atoms with Gasteiger partial charge in [0.1, 0.15) is 5.25 Å². The van der Waals surface area contributed by atoms with Crippen molar-refractivity contribution in [3.63, 3.8) is 0 Å². The molecule has 1 N–H and O–H groups in total. The fourth-order valence-corrected chi connectivity index (χ4v) is 4.59. The summed E-state index contributed by atoms with van der Waals surface area (Å²) < 4.78 is 2.23. The smallest absolute Gasteiger partial charge is 0.242 e. The molecule has 1 amide bonds. The first kappa shape index (κ1) is 16.0. The van der Waals surface area contributed by atoms with Gasteiger partial charge < -0.3 is 9.88 Å². The molecule has 4 rings (SSSR count). The van der Waals surface area contributed by atoms with E-state index >= 15 is 0 Å². The largest absolute Gasteiger partial charge is 0.324 e. The van der Waals surface area contributed by atoms with Gasteiger partial charge in [-0.15, -0.1) is 11.8 Å². The molecule has 1 aliphatic rings. The van der Waals surface area contributed by atoms with Gasteiger partial charge in [-0.1, -0.05) is 29.8 Å². The van der Waals surface area contributed by atoms with Gasteiger partial charge in [0.15, 0.2) is 0 Å². The third-order valence-corrected chi connectivity index (χ3v) is 5.99. The highest BCUT2D eigenvalue weighted by Crippen LogP contribution is 2.45. The number of rotatable bonds is 2. The van der Waals surface area contributed by atoms with Crippen molar-refractivity contribution in [1.29, 1.82) is 0 Å². The number of thioether (sulfide) groups is 1. The van der Waals surface area contributed by atoms with E-state index in [1.807, 2.05) is 18.2 Å². The number of nitrogens with one attached hydrogen (secondary N) is 1. The van der Waals surface area contributed by atoms with Gasteiger partial charge in [-0.3, -0.25) is 4.79 Å². The molecule has 0 bridgehead atoms. The summed E-state index contributed by atoms with van der Waals surface area (Å²) in [7, 11) is 0. The molecule has 3 nitrogen and oxygen atoms in total. The maximum Gasteiger partial charge on any atom is 0.242 e. The van der Waals surface area contributed by atoms with E-state index in [1.165, 1.54) is 5.56 Å². The Bertz CT molecular complexity index is 957. The number of aryl methyl sites for hydroxylation is 2. The number of carbonyl (C=O) groups excluding carboxylic acids is 1. The third-order valence-electron chi connectivity index (χ3n) is 4.67. The first-order valence-electron chi connectivity index (χ1n) is 8.37. The van der Waals surface area contributed by atoms with Gasteiger partial charge in [0, 0.05) is 22.0 Å². The molecular formula is C21H20N2OS. The molecule has 0 spiro atoms. The normalized spacial score (nSPS) is 16.4. The van der Waals surface area contributed by atoms with E-state index in [4.69, 9.17) is 0 Å². The molecule has 0 radical (unpaired) electrons. The lowest BCUT2D eigenvalue weighted by atomic mass is 10.1. The Hall–Kier alpha value is -2.46. The van der Waals surface area contributed by atoms with Gasteiger partial charge in [-0.2, -0.15) is 0 Å². The maximum absolute atomic E-state index is 12.7. The Morgan fingerprint density at radius 2 is 1.72 bits per heavy atom. The second-order valence-corrected chi connectivity index (χ2v) is 7.63. The van der Waals surface area contributed by atoms with Crippen molar-refractivity contribution in [2.45, 2.75) is 30.9 Å². The summed E-state index contributed by atoms with van der Waals surface area (Å²) in [5, 5.41) is 2.82. The Morgan fingerprint density at radius 1 is 1.00 bits per heavy atom. The zero-order valence-electron chi connectivity index (χ0n) is 14.5. The summed E-state index contributed by atoms with van der Waals surface area (Å²) in [6, 6.07) is 18.6. The number of hydrogen-bond acceptors (Lipinski definition) is 2. The lowest BCUT2D eigenvalue weighted by Crippen LogP contribution is -2.23. The summed E-state index contributed by atoms with van der Waals surface area (Å²) in [6.07, 6.45) is 0. The van der Waals surface area contributed by atoms with Crippen LogP contribution >= 0.6 is 11.8 Å². The molecule has 126 valence electrons. The zero-order chi connectivity index (χ0) is 17.6. The zero-order valence-corrected chi connectivity index (χ0v) is 15.4. The second-order valence-electron chi connectivity index (χ2n) is 6.48. The lowest BCUT2D eigenvalue weighted by Gasteiger charge is -2.24. The van der Waals surface area contributed by atoms with Crippen LogP contribution < -0.4 is 5.32 Å². The minimum atomic E-state index is -0.222. The van der Waals surface area contributed by atoms with Crippen molar-refractivity contribution in [3.05, 3.63) is 77.1 Å². The van der Waals surface area contributed by atoms with E-state index in [1.54, 1.807) is 11.8 Å². The second kappa shape index (κ2) is 6.12. The van der Waals surface area contributed by atoms with Crippen LogP contribution in [0.5, 0.6) is 0 Å². The summed E-state index contributed by atoms with van der Waals surface area (Å²) in [5.74, 6) is 0.0489. The van der Waals surface area contributed by atoms with Crippen LogP contribution in [0, 0.1) is 20.8 Å². The number of amides is 1. The van der Waals surface area contributed by atoms with E-state index in [-0.39, 0.29) is 11.2 Å². The number of para-hydroxylation sites is 1. The van der Waals surface area contributed by atoms with Crippen molar-refractivity contribution in [2.24, 2.45) is 0 Å². The third kappa shape index (κ3) is 2.76. The minimum Gasteiger partial charge on any atom is -0.324 e. The fourth-order valence-electron chi connectivity index (χ4n) is 3.40. The molecule has 3 aromatic rings. The van der Waals surface area contributed by atoms with E-state index in [0.29, 0.717) is 0 Å². The molecular weight excluding hydrogens is 328 g/mol. The van der Waals surface area contributed by atoms with Gasteiger partial charge >= 0.3 is 0 Å². The van der Waals surface area contributed by atoms with Crippen molar-refractivity contribution in [3.8, 4) is 5.69 Å². The van der Waals surface area contributed by atoms with E-state index in [9.17, 15) is 4.79 Å². The van der Waals surface area contributed by atoms with Gasteiger partial charge in [0.2, 0.25) is 5.91 Å². The average molecular weight is 348 g/mol. The number of aromatic nitrogens is 1.